The number of rotatable bonds is 2. The molecule has 0 saturated heterocycles. The van der Waals surface area contributed by atoms with Crippen LogP contribution in [0.2, 0.25) is 0 Å². The zero-order chi connectivity index (χ0) is 13.0. The summed E-state index contributed by atoms with van der Waals surface area (Å²) in [6.07, 6.45) is 0. The molecule has 0 bridgehead atoms. The Labute approximate surface area is 110 Å². The van der Waals surface area contributed by atoms with Crippen LogP contribution in [-0.4, -0.2) is 44.0 Å². The van der Waals surface area contributed by atoms with Gasteiger partial charge in [-0.25, -0.2) is 9.38 Å². The smallest absolute Gasteiger partial charge is 0.195 e. The summed E-state index contributed by atoms with van der Waals surface area (Å²) in [5, 5.41) is 0. The van der Waals surface area contributed by atoms with Crippen molar-refractivity contribution < 1.29 is 4.39 Å². The lowest BCUT2D eigenvalue weighted by molar-refractivity contribution is 0.478. The van der Waals surface area contributed by atoms with E-state index in [-0.39, 0.29) is 5.82 Å². The molecule has 0 aliphatic carbocycles. The van der Waals surface area contributed by atoms with E-state index in [4.69, 9.17) is 0 Å². The molecule has 1 aromatic carbocycles. The maximum absolute atomic E-state index is 13.5. The fourth-order valence-corrected chi connectivity index (χ4v) is 1.91. The van der Waals surface area contributed by atoms with Crippen molar-refractivity contribution in [1.29, 1.82) is 0 Å². The van der Waals surface area contributed by atoms with E-state index in [0.717, 1.165) is 10.4 Å². The molecule has 0 spiro atoms. The summed E-state index contributed by atoms with van der Waals surface area (Å²) in [7, 11) is 7.65. The van der Waals surface area contributed by atoms with Crippen LogP contribution in [0.15, 0.2) is 27.7 Å². The number of guanidine groups is 1. The molecule has 0 unspecified atom stereocenters. The molecule has 1 rings (SSSR count). The maximum atomic E-state index is 13.5. The highest BCUT2D eigenvalue weighted by Gasteiger charge is 2.06. The second-order valence-electron chi connectivity index (χ2n) is 4.14. The number of benzene rings is 1. The van der Waals surface area contributed by atoms with Gasteiger partial charge in [0.1, 0.15) is 5.82 Å². The Bertz CT molecular complexity index is 406. The Morgan fingerprint density at radius 1 is 1.24 bits per heavy atom. The second kappa shape index (κ2) is 6.00. The van der Waals surface area contributed by atoms with Crippen LogP contribution in [0.25, 0.3) is 0 Å². The van der Waals surface area contributed by atoms with E-state index in [1.807, 2.05) is 38.0 Å². The molecule has 94 valence electrons. The first-order chi connectivity index (χ1) is 7.91. The molecular formula is C12H17BrFN3. The van der Waals surface area contributed by atoms with E-state index in [1.165, 1.54) is 6.07 Å². The Balaban J connectivity index is 2.90. The van der Waals surface area contributed by atoms with Gasteiger partial charge in [0.25, 0.3) is 0 Å². The third-order valence-corrected chi connectivity index (χ3v) is 2.69. The van der Waals surface area contributed by atoms with Crippen molar-refractivity contribution in [3.05, 3.63) is 34.1 Å². The Hall–Kier alpha value is -1.10. The molecule has 0 aromatic heterocycles. The van der Waals surface area contributed by atoms with Crippen LogP contribution in [0.3, 0.4) is 0 Å². The Morgan fingerprint density at radius 3 is 2.35 bits per heavy atom. The fraction of sp³-hybridized carbons (Fsp3) is 0.417. The van der Waals surface area contributed by atoms with Crippen LogP contribution in [-0.2, 0) is 6.54 Å². The summed E-state index contributed by atoms with van der Waals surface area (Å²) >= 11 is 3.33. The van der Waals surface area contributed by atoms with Crippen LogP contribution in [0, 0.1) is 5.82 Å². The summed E-state index contributed by atoms with van der Waals surface area (Å²) in [6, 6.07) is 4.88. The minimum absolute atomic E-state index is 0.228. The van der Waals surface area contributed by atoms with E-state index in [2.05, 4.69) is 20.9 Å². The average Bonchev–Trinajstić information content (AvgIpc) is 2.22. The zero-order valence-electron chi connectivity index (χ0n) is 10.5. The van der Waals surface area contributed by atoms with Gasteiger partial charge >= 0.3 is 0 Å². The summed E-state index contributed by atoms with van der Waals surface area (Å²) in [5.41, 5.74) is 0.584. The quantitative estimate of drug-likeness (QED) is 0.618. The number of halogens is 2. The lowest BCUT2D eigenvalue weighted by Crippen LogP contribution is -2.35. The molecule has 0 fully saturated rings. The molecule has 0 saturated carbocycles. The summed E-state index contributed by atoms with van der Waals surface area (Å²) in [5.74, 6) is 0.582. The van der Waals surface area contributed by atoms with E-state index in [9.17, 15) is 4.39 Å². The minimum Gasteiger partial charge on any atom is -0.349 e. The Kier molecular flexibility index (Phi) is 4.93. The van der Waals surface area contributed by atoms with Gasteiger partial charge in [0.15, 0.2) is 5.96 Å². The summed E-state index contributed by atoms with van der Waals surface area (Å²) in [6.45, 7) is 0.330. The van der Waals surface area contributed by atoms with Crippen LogP contribution in [0.4, 0.5) is 4.39 Å². The fourth-order valence-electron chi connectivity index (χ4n) is 1.50. The van der Waals surface area contributed by atoms with Gasteiger partial charge in [0.2, 0.25) is 0 Å². The maximum Gasteiger partial charge on any atom is 0.195 e. The van der Waals surface area contributed by atoms with E-state index >= 15 is 0 Å². The van der Waals surface area contributed by atoms with Crippen LogP contribution >= 0.6 is 15.9 Å². The molecular weight excluding hydrogens is 285 g/mol. The topological polar surface area (TPSA) is 18.8 Å². The van der Waals surface area contributed by atoms with Gasteiger partial charge < -0.3 is 9.80 Å². The lowest BCUT2D eigenvalue weighted by atomic mass is 10.2. The van der Waals surface area contributed by atoms with E-state index < -0.39 is 0 Å². The zero-order valence-corrected chi connectivity index (χ0v) is 12.1. The predicted octanol–water partition coefficient (Wildman–Crippen LogP) is 2.57. The first-order valence-corrected chi connectivity index (χ1v) is 6.04. The third kappa shape index (κ3) is 4.00. The molecule has 0 N–H and O–H groups in total. The standard InChI is InChI=1S/C12H17BrFN3/c1-16(2)12(17(3)4)15-8-9-7-10(13)5-6-11(9)14/h5-7H,8H2,1-4H3. The number of hydrogen-bond donors (Lipinski definition) is 0. The number of aliphatic imine (C=N–C) groups is 1. The monoisotopic (exact) mass is 301 g/mol. The Morgan fingerprint density at radius 2 is 1.82 bits per heavy atom. The molecule has 17 heavy (non-hydrogen) atoms. The predicted molar refractivity (Wildman–Crippen MR) is 72.6 cm³/mol. The van der Waals surface area contributed by atoms with Crippen molar-refractivity contribution >= 4 is 21.9 Å². The normalized spacial score (nSPS) is 10.0. The van der Waals surface area contributed by atoms with Crippen LogP contribution in [0.5, 0.6) is 0 Å². The molecule has 0 radical (unpaired) electrons. The van der Waals surface area contributed by atoms with Gasteiger partial charge in [-0.1, -0.05) is 15.9 Å². The van der Waals surface area contributed by atoms with E-state index in [1.54, 1.807) is 12.1 Å². The molecule has 0 amide bonds. The van der Waals surface area contributed by atoms with Gasteiger partial charge in [-0.05, 0) is 18.2 Å². The molecule has 3 nitrogen and oxygen atoms in total. The van der Waals surface area contributed by atoms with Crippen molar-refractivity contribution in [3.8, 4) is 0 Å². The van der Waals surface area contributed by atoms with Crippen molar-refractivity contribution in [3.63, 3.8) is 0 Å². The molecule has 0 atom stereocenters. The molecule has 0 aliphatic heterocycles. The van der Waals surface area contributed by atoms with E-state index in [0.29, 0.717) is 12.1 Å². The largest absolute Gasteiger partial charge is 0.349 e. The lowest BCUT2D eigenvalue weighted by Gasteiger charge is -2.22. The highest BCUT2D eigenvalue weighted by molar-refractivity contribution is 9.10. The molecule has 5 heteroatoms. The first-order valence-electron chi connectivity index (χ1n) is 5.25. The van der Waals surface area contributed by atoms with Crippen molar-refractivity contribution in [2.75, 3.05) is 28.2 Å². The van der Waals surface area contributed by atoms with Gasteiger partial charge in [-0.2, -0.15) is 0 Å². The second-order valence-corrected chi connectivity index (χ2v) is 5.06. The number of nitrogens with zero attached hydrogens (tertiary/aromatic N) is 3. The van der Waals surface area contributed by atoms with Crippen LogP contribution < -0.4 is 0 Å². The first kappa shape index (κ1) is 14.0. The molecule has 0 heterocycles. The van der Waals surface area contributed by atoms with Crippen molar-refractivity contribution in [2.45, 2.75) is 6.54 Å². The van der Waals surface area contributed by atoms with Crippen molar-refractivity contribution in [1.82, 2.24) is 9.80 Å². The van der Waals surface area contributed by atoms with Crippen LogP contribution in [0.1, 0.15) is 5.56 Å². The summed E-state index contributed by atoms with van der Waals surface area (Å²) < 4.78 is 14.4. The SMILES string of the molecule is CN(C)C(=NCc1cc(Br)ccc1F)N(C)C. The minimum atomic E-state index is -0.228. The highest BCUT2D eigenvalue weighted by Crippen LogP contribution is 2.16. The third-order valence-electron chi connectivity index (χ3n) is 2.20. The van der Waals surface area contributed by atoms with Gasteiger partial charge in [0.05, 0.1) is 6.54 Å². The average molecular weight is 302 g/mol. The van der Waals surface area contributed by atoms with Crippen molar-refractivity contribution in [2.24, 2.45) is 4.99 Å². The molecule has 1 aromatic rings. The highest BCUT2D eigenvalue weighted by atomic mass is 79.9. The number of hydrogen-bond acceptors (Lipinski definition) is 1. The molecule has 0 aliphatic rings. The van der Waals surface area contributed by atoms with Gasteiger partial charge in [-0.15, -0.1) is 0 Å². The summed E-state index contributed by atoms with van der Waals surface area (Å²) in [4.78, 5) is 8.20. The van der Waals surface area contributed by atoms with Gasteiger partial charge in [0, 0.05) is 38.2 Å². The van der Waals surface area contributed by atoms with Gasteiger partial charge in [-0.3, -0.25) is 0 Å².